The number of allylic oxidation sites excluding steroid dienone is 4. The van der Waals surface area contributed by atoms with E-state index in [0.29, 0.717) is 5.41 Å². The molecule has 1 atom stereocenters. The number of hydrogen-bond acceptors (Lipinski definition) is 0. The summed E-state index contributed by atoms with van der Waals surface area (Å²) in [5, 5.41) is 0. The van der Waals surface area contributed by atoms with Gasteiger partial charge in [-0.1, -0.05) is 63.4 Å². The molecule has 0 aromatic rings. The quantitative estimate of drug-likeness (QED) is 0.578. The molecule has 0 spiro atoms. The zero-order valence-electron chi connectivity index (χ0n) is 10.6. The van der Waals surface area contributed by atoms with E-state index in [9.17, 15) is 0 Å². The van der Waals surface area contributed by atoms with Gasteiger partial charge in [0.25, 0.3) is 0 Å². The van der Waals surface area contributed by atoms with Crippen molar-refractivity contribution in [2.75, 3.05) is 0 Å². The molecule has 1 aliphatic carbocycles. The van der Waals surface area contributed by atoms with E-state index < -0.39 is 8.80 Å². The van der Waals surface area contributed by atoms with E-state index in [1.807, 2.05) is 0 Å². The van der Waals surface area contributed by atoms with Crippen LogP contribution in [0, 0.1) is 5.41 Å². The van der Waals surface area contributed by atoms with Gasteiger partial charge >= 0.3 is 0 Å². The van der Waals surface area contributed by atoms with E-state index in [1.54, 1.807) is 23.2 Å². The first kappa shape index (κ1) is 11.2. The second-order valence-electron chi connectivity index (χ2n) is 6.33. The van der Waals surface area contributed by atoms with Crippen molar-refractivity contribution in [2.24, 2.45) is 5.41 Å². The van der Waals surface area contributed by atoms with Gasteiger partial charge in [0, 0.05) is 8.80 Å². The Morgan fingerprint density at radius 2 is 1.80 bits per heavy atom. The predicted octanol–water partition coefficient (Wildman–Crippen LogP) is 4.31. The lowest BCUT2D eigenvalue weighted by molar-refractivity contribution is 0.517. The van der Waals surface area contributed by atoms with Crippen molar-refractivity contribution in [1.29, 1.82) is 0 Å². The molecule has 0 aromatic carbocycles. The molecule has 0 radical (unpaired) electrons. The Hall–Kier alpha value is -0.303. The summed E-state index contributed by atoms with van der Waals surface area (Å²) in [7, 11) is -0.446. The van der Waals surface area contributed by atoms with Crippen LogP contribution < -0.4 is 0 Å². The molecule has 15 heavy (non-hydrogen) atoms. The maximum absolute atomic E-state index is 2.61. The van der Waals surface area contributed by atoms with Crippen molar-refractivity contribution in [3.8, 4) is 0 Å². The normalized spacial score (nSPS) is 28.1. The average Bonchev–Trinajstić information content (AvgIpc) is 2.69. The van der Waals surface area contributed by atoms with Gasteiger partial charge < -0.3 is 0 Å². The third-order valence-corrected chi connectivity index (χ3v) is 8.08. The van der Waals surface area contributed by atoms with Gasteiger partial charge in [0.05, 0.1) is 0 Å². The average molecular weight is 220 g/mol. The molecule has 0 saturated carbocycles. The van der Waals surface area contributed by atoms with Gasteiger partial charge in [-0.15, -0.1) is 0 Å². The maximum Gasteiger partial charge on any atom is 0.0492 e. The Bertz CT molecular complexity index is 298. The van der Waals surface area contributed by atoms with Gasteiger partial charge in [-0.25, -0.2) is 0 Å². The van der Waals surface area contributed by atoms with Crippen LogP contribution in [0.15, 0.2) is 23.3 Å². The van der Waals surface area contributed by atoms with Gasteiger partial charge in [0.2, 0.25) is 0 Å². The number of hydrogen-bond donors (Lipinski definition) is 0. The summed E-state index contributed by atoms with van der Waals surface area (Å²) in [4.78, 5) is 0. The molecule has 1 aliphatic heterocycles. The lowest BCUT2D eigenvalue weighted by Gasteiger charge is -2.19. The smallest absolute Gasteiger partial charge is 0.0492 e. The van der Waals surface area contributed by atoms with Crippen molar-refractivity contribution in [3.63, 3.8) is 0 Å². The number of rotatable bonds is 1. The highest BCUT2D eigenvalue weighted by Gasteiger charge is 2.31. The molecule has 1 heterocycles. The van der Waals surface area contributed by atoms with Crippen LogP contribution in [0.1, 0.15) is 40.5 Å². The van der Waals surface area contributed by atoms with Crippen LogP contribution in [0.2, 0.25) is 17.6 Å². The van der Waals surface area contributed by atoms with E-state index >= 15 is 0 Å². The first-order valence-corrected chi connectivity index (χ1v) is 8.69. The Kier molecular flexibility index (Phi) is 2.93. The summed E-state index contributed by atoms with van der Waals surface area (Å²) < 4.78 is 0. The molecular formula is C14H24Si. The lowest BCUT2D eigenvalue weighted by atomic mass is 9.87. The molecule has 1 heteroatoms. The zero-order chi connectivity index (χ0) is 11.1. The summed E-state index contributed by atoms with van der Waals surface area (Å²) in [5.74, 6) is 0. The van der Waals surface area contributed by atoms with Gasteiger partial charge in [0.15, 0.2) is 0 Å². The van der Waals surface area contributed by atoms with Crippen LogP contribution in [0.5, 0.6) is 0 Å². The molecule has 0 nitrogen and oxygen atoms in total. The highest BCUT2D eigenvalue weighted by Crippen LogP contribution is 2.43. The van der Waals surface area contributed by atoms with Gasteiger partial charge in [-0.2, -0.15) is 0 Å². The van der Waals surface area contributed by atoms with E-state index in [-0.39, 0.29) is 0 Å². The molecule has 84 valence electrons. The molecular weight excluding hydrogens is 196 g/mol. The van der Waals surface area contributed by atoms with Crippen molar-refractivity contribution in [2.45, 2.75) is 58.2 Å². The summed E-state index contributed by atoms with van der Waals surface area (Å²) >= 11 is 0. The van der Waals surface area contributed by atoms with E-state index in [4.69, 9.17) is 0 Å². The summed E-state index contributed by atoms with van der Waals surface area (Å²) in [5.41, 5.74) is 4.51. The molecule has 2 rings (SSSR count). The van der Waals surface area contributed by atoms with Crippen LogP contribution in [0.4, 0.5) is 0 Å². The monoisotopic (exact) mass is 220 g/mol. The van der Waals surface area contributed by atoms with Crippen LogP contribution in [-0.4, -0.2) is 8.80 Å². The maximum atomic E-state index is 2.61. The fraction of sp³-hybridized carbons (Fsp3) is 0.714. The lowest BCUT2D eigenvalue weighted by Crippen LogP contribution is -2.14. The third kappa shape index (κ3) is 2.28. The van der Waals surface area contributed by atoms with E-state index in [2.05, 4.69) is 39.8 Å². The van der Waals surface area contributed by atoms with Crippen molar-refractivity contribution in [3.05, 3.63) is 23.3 Å². The van der Waals surface area contributed by atoms with E-state index in [1.165, 1.54) is 12.8 Å². The second kappa shape index (κ2) is 3.93. The topological polar surface area (TPSA) is 0 Å². The molecule has 2 aliphatic rings. The summed E-state index contributed by atoms with van der Waals surface area (Å²) in [6.07, 6.45) is 8.10. The third-order valence-electron chi connectivity index (χ3n) is 4.04. The second-order valence-corrected chi connectivity index (χ2v) is 9.72. The molecule has 0 amide bonds. The standard InChI is InChI=1S/C14H24Si/c1-11-9-12(14(2,3)4)10-13(11)15-7-5-6-8-15/h9-10,13,15H,5-8H2,1-4H3. The summed E-state index contributed by atoms with van der Waals surface area (Å²) in [6, 6.07) is 3.17. The Morgan fingerprint density at radius 1 is 1.20 bits per heavy atom. The largest absolute Gasteiger partial charge is 0.0766 e. The van der Waals surface area contributed by atoms with Crippen molar-refractivity contribution in [1.82, 2.24) is 0 Å². The SMILES string of the molecule is CC1=CC(C(C)(C)C)=CC1[SiH]1CCCC1. The molecule has 0 bridgehead atoms. The van der Waals surface area contributed by atoms with Crippen LogP contribution in [-0.2, 0) is 0 Å². The van der Waals surface area contributed by atoms with Gasteiger partial charge in [-0.3, -0.25) is 0 Å². The van der Waals surface area contributed by atoms with Crippen molar-refractivity contribution >= 4 is 8.80 Å². The molecule has 1 fully saturated rings. The first-order valence-electron chi connectivity index (χ1n) is 6.39. The Balaban J connectivity index is 2.16. The van der Waals surface area contributed by atoms with Crippen molar-refractivity contribution < 1.29 is 0 Å². The van der Waals surface area contributed by atoms with Crippen LogP contribution >= 0.6 is 0 Å². The molecule has 0 aromatic heterocycles. The van der Waals surface area contributed by atoms with Gasteiger partial charge in [0.1, 0.15) is 0 Å². The minimum Gasteiger partial charge on any atom is -0.0766 e. The summed E-state index contributed by atoms with van der Waals surface area (Å²) in [6.45, 7) is 9.36. The molecule has 1 unspecified atom stereocenters. The highest BCUT2D eigenvalue weighted by atomic mass is 28.3. The predicted molar refractivity (Wildman–Crippen MR) is 71.0 cm³/mol. The van der Waals surface area contributed by atoms with Gasteiger partial charge in [-0.05, 0) is 23.5 Å². The zero-order valence-corrected chi connectivity index (χ0v) is 11.8. The minimum atomic E-state index is -0.446. The first-order chi connectivity index (χ1) is 6.98. The van der Waals surface area contributed by atoms with Crippen LogP contribution in [0.3, 0.4) is 0 Å². The molecule has 1 saturated heterocycles. The fourth-order valence-corrected chi connectivity index (χ4v) is 6.96. The highest BCUT2D eigenvalue weighted by molar-refractivity contribution is 6.62. The Labute approximate surface area is 96.1 Å². The fourth-order valence-electron chi connectivity index (χ4n) is 3.01. The van der Waals surface area contributed by atoms with Crippen LogP contribution in [0.25, 0.3) is 0 Å². The minimum absolute atomic E-state index is 0.350. The Morgan fingerprint density at radius 3 is 2.27 bits per heavy atom. The van der Waals surface area contributed by atoms with E-state index in [0.717, 1.165) is 5.54 Å². The molecule has 0 N–H and O–H groups in total.